The van der Waals surface area contributed by atoms with Crippen molar-refractivity contribution in [3.05, 3.63) is 64.1 Å². The molecule has 0 spiro atoms. The number of hydrogen-bond donors (Lipinski definition) is 1. The molecular weight excluding hydrogens is 349 g/mol. The summed E-state index contributed by atoms with van der Waals surface area (Å²) in [4.78, 5) is 16.7. The highest BCUT2D eigenvalue weighted by Gasteiger charge is 2.13. The molecule has 2 aromatic carbocycles. The van der Waals surface area contributed by atoms with Crippen LogP contribution in [0.1, 0.15) is 16.2 Å². The molecule has 3 aromatic rings. The van der Waals surface area contributed by atoms with Crippen molar-refractivity contribution in [3.63, 3.8) is 0 Å². The summed E-state index contributed by atoms with van der Waals surface area (Å²) in [5.74, 6) is -0.0587. The van der Waals surface area contributed by atoms with E-state index in [-0.39, 0.29) is 18.0 Å². The fourth-order valence-electron chi connectivity index (χ4n) is 2.28. The Labute approximate surface area is 135 Å². The van der Waals surface area contributed by atoms with Gasteiger partial charge in [-0.1, -0.05) is 12.1 Å². The van der Waals surface area contributed by atoms with E-state index < -0.39 is 5.82 Å². The van der Waals surface area contributed by atoms with E-state index in [0.717, 1.165) is 16.9 Å². The molecule has 0 unspecified atom stereocenters. The second kappa shape index (κ2) is 5.88. The van der Waals surface area contributed by atoms with E-state index in [1.165, 1.54) is 18.2 Å². The zero-order chi connectivity index (χ0) is 15.7. The number of imidazole rings is 1. The van der Waals surface area contributed by atoms with Gasteiger partial charge in [0.2, 0.25) is 0 Å². The number of aromatic nitrogens is 2. The lowest BCUT2D eigenvalue weighted by Crippen LogP contribution is -2.24. The van der Waals surface area contributed by atoms with Crippen molar-refractivity contribution in [2.75, 3.05) is 0 Å². The van der Waals surface area contributed by atoms with E-state index in [1.54, 1.807) is 0 Å². The van der Waals surface area contributed by atoms with Gasteiger partial charge in [-0.3, -0.25) is 4.79 Å². The van der Waals surface area contributed by atoms with E-state index in [4.69, 9.17) is 0 Å². The van der Waals surface area contributed by atoms with Crippen molar-refractivity contribution in [2.45, 2.75) is 6.54 Å². The Hall–Kier alpha value is -2.21. The minimum atomic E-state index is -0.448. The number of hydrogen-bond acceptors (Lipinski definition) is 2. The SMILES string of the molecule is Cn1c(CNC(=O)c2cc(F)ccc2Br)nc2ccccc21. The molecule has 1 amide bonds. The first-order valence-corrected chi connectivity index (χ1v) is 7.49. The minimum Gasteiger partial charge on any atom is -0.345 e. The van der Waals surface area contributed by atoms with Gasteiger partial charge in [-0.2, -0.15) is 0 Å². The van der Waals surface area contributed by atoms with Gasteiger partial charge in [0, 0.05) is 11.5 Å². The van der Waals surface area contributed by atoms with E-state index in [9.17, 15) is 9.18 Å². The second-order valence-electron chi connectivity index (χ2n) is 4.88. The van der Waals surface area contributed by atoms with Crippen molar-refractivity contribution < 1.29 is 9.18 Å². The van der Waals surface area contributed by atoms with Crippen LogP contribution in [-0.4, -0.2) is 15.5 Å². The number of rotatable bonds is 3. The van der Waals surface area contributed by atoms with Gasteiger partial charge in [-0.15, -0.1) is 0 Å². The highest BCUT2D eigenvalue weighted by atomic mass is 79.9. The molecule has 6 heteroatoms. The molecule has 1 N–H and O–H groups in total. The van der Waals surface area contributed by atoms with Gasteiger partial charge in [0.05, 0.1) is 23.1 Å². The van der Waals surface area contributed by atoms with Crippen molar-refractivity contribution in [1.29, 1.82) is 0 Å². The van der Waals surface area contributed by atoms with Crippen LogP contribution in [0.4, 0.5) is 4.39 Å². The zero-order valence-electron chi connectivity index (χ0n) is 11.8. The zero-order valence-corrected chi connectivity index (χ0v) is 13.4. The Morgan fingerprint density at radius 1 is 1.32 bits per heavy atom. The number of carbonyl (C=O) groups excluding carboxylic acids is 1. The summed E-state index contributed by atoms with van der Waals surface area (Å²) in [6.07, 6.45) is 0. The summed E-state index contributed by atoms with van der Waals surface area (Å²) >= 11 is 3.25. The van der Waals surface area contributed by atoms with Gasteiger partial charge < -0.3 is 9.88 Å². The summed E-state index contributed by atoms with van der Waals surface area (Å²) in [5.41, 5.74) is 2.14. The van der Waals surface area contributed by atoms with Crippen LogP contribution in [0, 0.1) is 5.82 Å². The average Bonchev–Trinajstić information content (AvgIpc) is 2.84. The van der Waals surface area contributed by atoms with Gasteiger partial charge in [-0.05, 0) is 46.3 Å². The van der Waals surface area contributed by atoms with E-state index >= 15 is 0 Å². The Morgan fingerprint density at radius 3 is 2.86 bits per heavy atom. The first-order chi connectivity index (χ1) is 10.6. The third kappa shape index (κ3) is 2.74. The number of fused-ring (bicyclic) bond motifs is 1. The van der Waals surface area contributed by atoms with Gasteiger partial charge >= 0.3 is 0 Å². The standard InChI is InChI=1S/C16H13BrFN3O/c1-21-14-5-3-2-4-13(14)20-15(21)9-19-16(22)11-8-10(18)6-7-12(11)17/h2-8H,9H2,1H3,(H,19,22). The van der Waals surface area contributed by atoms with Crippen molar-refractivity contribution >= 4 is 32.9 Å². The van der Waals surface area contributed by atoms with E-state index in [2.05, 4.69) is 26.2 Å². The minimum absolute atomic E-state index is 0.263. The molecule has 112 valence electrons. The lowest BCUT2D eigenvalue weighted by atomic mass is 10.2. The number of nitrogens with zero attached hydrogens (tertiary/aromatic N) is 2. The van der Waals surface area contributed by atoms with Gasteiger partial charge in [0.15, 0.2) is 0 Å². The van der Waals surface area contributed by atoms with Crippen molar-refractivity contribution in [2.24, 2.45) is 7.05 Å². The van der Waals surface area contributed by atoms with Crippen LogP contribution in [-0.2, 0) is 13.6 Å². The van der Waals surface area contributed by atoms with Crippen LogP contribution < -0.4 is 5.32 Å². The summed E-state index contributed by atoms with van der Waals surface area (Å²) in [6.45, 7) is 0.271. The number of halogens is 2. The number of carbonyl (C=O) groups is 1. The molecule has 0 aliphatic rings. The summed E-state index contributed by atoms with van der Waals surface area (Å²) in [7, 11) is 1.90. The Bertz CT molecular complexity index is 860. The molecule has 0 fully saturated rings. The maximum atomic E-state index is 13.3. The first-order valence-electron chi connectivity index (χ1n) is 6.70. The molecule has 0 radical (unpaired) electrons. The van der Waals surface area contributed by atoms with Gasteiger partial charge in [0.1, 0.15) is 11.6 Å². The maximum Gasteiger partial charge on any atom is 0.252 e. The topological polar surface area (TPSA) is 46.9 Å². The van der Waals surface area contributed by atoms with E-state index in [1.807, 2.05) is 35.9 Å². The van der Waals surface area contributed by atoms with E-state index in [0.29, 0.717) is 4.47 Å². The van der Waals surface area contributed by atoms with Crippen LogP contribution in [0.15, 0.2) is 46.9 Å². The molecular formula is C16H13BrFN3O. The average molecular weight is 362 g/mol. The highest BCUT2D eigenvalue weighted by Crippen LogP contribution is 2.18. The number of nitrogens with one attached hydrogen (secondary N) is 1. The van der Waals surface area contributed by atoms with Gasteiger partial charge in [-0.25, -0.2) is 9.37 Å². The van der Waals surface area contributed by atoms with Crippen LogP contribution in [0.25, 0.3) is 11.0 Å². The quantitative estimate of drug-likeness (QED) is 0.776. The molecule has 0 bridgehead atoms. The smallest absolute Gasteiger partial charge is 0.252 e. The predicted octanol–water partition coefficient (Wildman–Crippen LogP) is 3.40. The van der Waals surface area contributed by atoms with Crippen LogP contribution in [0.5, 0.6) is 0 Å². The normalized spacial score (nSPS) is 10.9. The molecule has 4 nitrogen and oxygen atoms in total. The first kappa shape index (κ1) is 14.7. The fraction of sp³-hybridized carbons (Fsp3) is 0.125. The monoisotopic (exact) mass is 361 g/mol. The molecule has 3 rings (SSSR count). The molecule has 22 heavy (non-hydrogen) atoms. The molecule has 0 atom stereocenters. The van der Waals surface area contributed by atoms with Crippen molar-refractivity contribution in [3.8, 4) is 0 Å². The molecule has 1 heterocycles. The lowest BCUT2D eigenvalue weighted by molar-refractivity contribution is 0.0948. The number of para-hydroxylation sites is 2. The summed E-state index contributed by atoms with van der Waals surface area (Å²) in [5, 5.41) is 2.77. The molecule has 0 saturated carbocycles. The second-order valence-corrected chi connectivity index (χ2v) is 5.74. The predicted molar refractivity (Wildman–Crippen MR) is 86.0 cm³/mol. The molecule has 1 aromatic heterocycles. The molecule has 0 saturated heterocycles. The Kier molecular flexibility index (Phi) is 3.94. The number of amides is 1. The third-order valence-corrected chi connectivity index (χ3v) is 4.15. The fourth-order valence-corrected chi connectivity index (χ4v) is 2.71. The van der Waals surface area contributed by atoms with Crippen LogP contribution >= 0.6 is 15.9 Å². The van der Waals surface area contributed by atoms with Crippen LogP contribution in [0.2, 0.25) is 0 Å². The lowest BCUT2D eigenvalue weighted by Gasteiger charge is -2.07. The summed E-state index contributed by atoms with van der Waals surface area (Å²) < 4.78 is 15.7. The van der Waals surface area contributed by atoms with Crippen molar-refractivity contribution in [1.82, 2.24) is 14.9 Å². The maximum absolute atomic E-state index is 13.3. The number of aryl methyl sites for hydroxylation is 1. The summed E-state index contributed by atoms with van der Waals surface area (Å²) in [6, 6.07) is 11.8. The molecule has 0 aliphatic heterocycles. The number of benzene rings is 2. The highest BCUT2D eigenvalue weighted by molar-refractivity contribution is 9.10. The van der Waals surface area contributed by atoms with Crippen LogP contribution in [0.3, 0.4) is 0 Å². The van der Waals surface area contributed by atoms with Gasteiger partial charge in [0.25, 0.3) is 5.91 Å². The Morgan fingerprint density at radius 2 is 2.09 bits per heavy atom. The molecule has 0 aliphatic carbocycles. The largest absolute Gasteiger partial charge is 0.345 e. The third-order valence-electron chi connectivity index (χ3n) is 3.46. The Balaban J connectivity index is 1.80.